The summed E-state index contributed by atoms with van der Waals surface area (Å²) >= 11 is 0. The van der Waals surface area contributed by atoms with Crippen LogP contribution >= 0.6 is 0 Å². The summed E-state index contributed by atoms with van der Waals surface area (Å²) in [6.45, 7) is 3.78. The van der Waals surface area contributed by atoms with Crippen molar-refractivity contribution in [2.45, 2.75) is 25.8 Å². The van der Waals surface area contributed by atoms with Crippen molar-refractivity contribution in [1.82, 2.24) is 5.32 Å². The SMILES string of the molecule is CNCC1CCCN1c1ccc([N+](=O)[O-])c(C)c1. The fourth-order valence-electron chi connectivity index (χ4n) is 2.65. The fourth-order valence-corrected chi connectivity index (χ4v) is 2.65. The lowest BCUT2D eigenvalue weighted by Crippen LogP contribution is -2.36. The summed E-state index contributed by atoms with van der Waals surface area (Å²) in [6, 6.07) is 5.89. The molecule has 1 unspecified atom stereocenters. The minimum atomic E-state index is -0.325. The van der Waals surface area contributed by atoms with Gasteiger partial charge < -0.3 is 10.2 Å². The van der Waals surface area contributed by atoms with Crippen molar-refractivity contribution in [1.29, 1.82) is 0 Å². The van der Waals surface area contributed by atoms with Gasteiger partial charge in [0.25, 0.3) is 5.69 Å². The van der Waals surface area contributed by atoms with Crippen LogP contribution in [0.5, 0.6) is 0 Å². The largest absolute Gasteiger partial charge is 0.367 e. The third kappa shape index (κ3) is 2.46. The summed E-state index contributed by atoms with van der Waals surface area (Å²) in [4.78, 5) is 12.8. The second-order valence-corrected chi connectivity index (χ2v) is 4.78. The molecular weight excluding hydrogens is 230 g/mol. The summed E-state index contributed by atoms with van der Waals surface area (Å²) in [6.07, 6.45) is 2.36. The van der Waals surface area contributed by atoms with E-state index in [2.05, 4.69) is 10.2 Å². The molecule has 1 aliphatic rings. The standard InChI is InChI=1S/C13H19N3O2/c1-10-8-11(5-6-13(10)16(17)18)15-7-3-4-12(15)9-14-2/h5-6,8,12,14H,3-4,7,9H2,1-2H3. The average Bonchev–Trinajstić information content (AvgIpc) is 2.77. The van der Waals surface area contributed by atoms with Crippen LogP contribution in [0.4, 0.5) is 11.4 Å². The molecule has 18 heavy (non-hydrogen) atoms. The molecule has 1 saturated heterocycles. The molecule has 0 radical (unpaired) electrons. The number of rotatable bonds is 4. The van der Waals surface area contributed by atoms with Crippen molar-refractivity contribution in [3.63, 3.8) is 0 Å². The maximum absolute atomic E-state index is 10.8. The number of nitro groups is 1. The summed E-state index contributed by atoms with van der Waals surface area (Å²) in [5.74, 6) is 0. The number of hydrogen-bond acceptors (Lipinski definition) is 4. The highest BCUT2D eigenvalue weighted by Crippen LogP contribution is 2.29. The molecule has 1 atom stereocenters. The smallest absolute Gasteiger partial charge is 0.272 e. The third-order valence-electron chi connectivity index (χ3n) is 3.53. The number of hydrogen-bond donors (Lipinski definition) is 1. The molecular formula is C13H19N3O2. The highest BCUT2D eigenvalue weighted by molar-refractivity contribution is 5.56. The van der Waals surface area contributed by atoms with Crippen molar-refractivity contribution in [2.75, 3.05) is 25.0 Å². The fraction of sp³-hybridized carbons (Fsp3) is 0.538. The Morgan fingerprint density at radius 1 is 1.56 bits per heavy atom. The molecule has 1 aromatic rings. The topological polar surface area (TPSA) is 58.4 Å². The monoisotopic (exact) mass is 249 g/mol. The van der Waals surface area contributed by atoms with E-state index in [9.17, 15) is 10.1 Å². The van der Waals surface area contributed by atoms with Gasteiger partial charge in [-0.1, -0.05) is 0 Å². The molecule has 1 heterocycles. The van der Waals surface area contributed by atoms with Crippen molar-refractivity contribution < 1.29 is 4.92 Å². The first-order chi connectivity index (χ1) is 8.63. The number of likely N-dealkylation sites (N-methyl/N-ethyl adjacent to an activating group) is 1. The van der Waals surface area contributed by atoms with Gasteiger partial charge in [-0.05, 0) is 38.9 Å². The van der Waals surface area contributed by atoms with Crippen LogP contribution in [0, 0.1) is 17.0 Å². The molecule has 1 aliphatic heterocycles. The zero-order chi connectivity index (χ0) is 13.1. The van der Waals surface area contributed by atoms with E-state index in [4.69, 9.17) is 0 Å². The van der Waals surface area contributed by atoms with Crippen molar-refractivity contribution in [3.8, 4) is 0 Å². The Morgan fingerprint density at radius 3 is 2.94 bits per heavy atom. The van der Waals surface area contributed by atoms with Crippen LogP contribution in [0.15, 0.2) is 18.2 Å². The molecule has 0 saturated carbocycles. The molecule has 5 nitrogen and oxygen atoms in total. The van der Waals surface area contributed by atoms with Crippen molar-refractivity contribution in [3.05, 3.63) is 33.9 Å². The Morgan fingerprint density at radius 2 is 2.33 bits per heavy atom. The molecule has 0 aliphatic carbocycles. The van der Waals surface area contributed by atoms with Crippen LogP contribution in [0.1, 0.15) is 18.4 Å². The molecule has 98 valence electrons. The van der Waals surface area contributed by atoms with Crippen molar-refractivity contribution in [2.24, 2.45) is 0 Å². The molecule has 0 amide bonds. The number of nitrogens with one attached hydrogen (secondary N) is 1. The van der Waals surface area contributed by atoms with Crippen LogP contribution in [-0.2, 0) is 0 Å². The molecule has 2 rings (SSSR count). The minimum absolute atomic E-state index is 0.197. The lowest BCUT2D eigenvalue weighted by Gasteiger charge is -2.26. The first kappa shape index (κ1) is 12.8. The van der Waals surface area contributed by atoms with E-state index in [1.807, 2.05) is 19.2 Å². The average molecular weight is 249 g/mol. The number of benzene rings is 1. The predicted octanol–water partition coefficient (Wildman–Crippen LogP) is 2.09. The number of aryl methyl sites for hydroxylation is 1. The summed E-state index contributed by atoms with van der Waals surface area (Å²) in [5, 5.41) is 14.0. The van der Waals surface area contributed by atoms with E-state index in [0.29, 0.717) is 6.04 Å². The van der Waals surface area contributed by atoms with E-state index in [1.165, 1.54) is 12.8 Å². The Bertz CT molecular complexity index is 448. The van der Waals surface area contributed by atoms with Gasteiger partial charge in [0.15, 0.2) is 0 Å². The molecule has 1 N–H and O–H groups in total. The molecule has 1 aromatic carbocycles. The zero-order valence-electron chi connectivity index (χ0n) is 10.8. The molecule has 5 heteroatoms. The third-order valence-corrected chi connectivity index (χ3v) is 3.53. The van der Waals surface area contributed by atoms with E-state index in [-0.39, 0.29) is 10.6 Å². The van der Waals surface area contributed by atoms with Gasteiger partial charge in [-0.2, -0.15) is 0 Å². The summed E-state index contributed by atoms with van der Waals surface area (Å²) in [7, 11) is 1.96. The second kappa shape index (κ2) is 5.35. The van der Waals surface area contributed by atoms with E-state index >= 15 is 0 Å². The molecule has 0 bridgehead atoms. The van der Waals surface area contributed by atoms with Crippen molar-refractivity contribution >= 4 is 11.4 Å². The van der Waals surface area contributed by atoms with Crippen LogP contribution in [0.25, 0.3) is 0 Å². The molecule has 0 spiro atoms. The van der Waals surface area contributed by atoms with Gasteiger partial charge in [-0.25, -0.2) is 0 Å². The van der Waals surface area contributed by atoms with E-state index in [0.717, 1.165) is 24.3 Å². The number of nitrogens with zero attached hydrogens (tertiary/aromatic N) is 2. The van der Waals surface area contributed by atoms with Gasteiger partial charge in [0.1, 0.15) is 0 Å². The number of nitro benzene ring substituents is 1. The Balaban J connectivity index is 2.23. The summed E-state index contributed by atoms with van der Waals surface area (Å²) in [5.41, 5.74) is 2.02. The number of anilines is 1. The maximum atomic E-state index is 10.8. The Labute approximate surface area is 107 Å². The molecule has 1 fully saturated rings. The lowest BCUT2D eigenvalue weighted by atomic mass is 10.1. The minimum Gasteiger partial charge on any atom is -0.367 e. The second-order valence-electron chi connectivity index (χ2n) is 4.78. The van der Waals surface area contributed by atoms with E-state index < -0.39 is 0 Å². The highest BCUT2D eigenvalue weighted by Gasteiger charge is 2.25. The predicted molar refractivity (Wildman–Crippen MR) is 72.1 cm³/mol. The van der Waals surface area contributed by atoms with Crippen LogP contribution in [0.3, 0.4) is 0 Å². The van der Waals surface area contributed by atoms with Gasteiger partial charge in [-0.15, -0.1) is 0 Å². The van der Waals surface area contributed by atoms with Gasteiger partial charge in [0, 0.05) is 36.4 Å². The van der Waals surface area contributed by atoms with Gasteiger partial charge in [0.05, 0.1) is 4.92 Å². The normalized spacial score (nSPS) is 19.2. The highest BCUT2D eigenvalue weighted by atomic mass is 16.6. The maximum Gasteiger partial charge on any atom is 0.272 e. The van der Waals surface area contributed by atoms with Crippen LogP contribution in [-0.4, -0.2) is 31.1 Å². The summed E-state index contributed by atoms with van der Waals surface area (Å²) < 4.78 is 0. The Hall–Kier alpha value is -1.62. The van der Waals surface area contributed by atoms with Gasteiger partial charge in [-0.3, -0.25) is 10.1 Å². The first-order valence-corrected chi connectivity index (χ1v) is 6.29. The zero-order valence-corrected chi connectivity index (χ0v) is 10.8. The molecule has 0 aromatic heterocycles. The Kier molecular flexibility index (Phi) is 3.81. The van der Waals surface area contributed by atoms with Gasteiger partial charge in [0.2, 0.25) is 0 Å². The lowest BCUT2D eigenvalue weighted by molar-refractivity contribution is -0.385. The first-order valence-electron chi connectivity index (χ1n) is 6.29. The van der Waals surface area contributed by atoms with E-state index in [1.54, 1.807) is 13.0 Å². The quantitative estimate of drug-likeness (QED) is 0.655. The van der Waals surface area contributed by atoms with Crippen LogP contribution < -0.4 is 10.2 Å². The van der Waals surface area contributed by atoms with Gasteiger partial charge >= 0.3 is 0 Å². The van der Waals surface area contributed by atoms with Crippen LogP contribution in [0.2, 0.25) is 0 Å².